The van der Waals surface area contributed by atoms with E-state index in [0.717, 1.165) is 24.9 Å². The van der Waals surface area contributed by atoms with Crippen LogP contribution < -0.4 is 5.32 Å². The predicted molar refractivity (Wildman–Crippen MR) is 76.8 cm³/mol. The number of benzene rings is 1. The van der Waals surface area contributed by atoms with E-state index in [1.807, 2.05) is 6.92 Å². The van der Waals surface area contributed by atoms with Crippen LogP contribution in [0.4, 0.5) is 8.78 Å². The first-order valence-corrected chi connectivity index (χ1v) is 7.04. The number of rotatable bonds is 6. The smallest absolute Gasteiger partial charge is 0.138 e. The fourth-order valence-electron chi connectivity index (χ4n) is 2.24. The third kappa shape index (κ3) is 3.64. The maximum absolute atomic E-state index is 14.1. The van der Waals surface area contributed by atoms with Gasteiger partial charge < -0.3 is 5.32 Å². The Morgan fingerprint density at radius 2 is 2.05 bits per heavy atom. The van der Waals surface area contributed by atoms with Crippen LogP contribution in [0, 0.1) is 18.6 Å². The fourth-order valence-corrected chi connectivity index (χ4v) is 2.24. The third-order valence-corrected chi connectivity index (χ3v) is 3.49. The topological polar surface area (TPSA) is 42.7 Å². The van der Waals surface area contributed by atoms with E-state index in [-0.39, 0.29) is 6.04 Å². The van der Waals surface area contributed by atoms with E-state index in [4.69, 9.17) is 0 Å². The molecule has 0 bridgehead atoms. The molecule has 6 heteroatoms. The Balaban J connectivity index is 2.31. The van der Waals surface area contributed by atoms with Crippen molar-refractivity contribution in [2.24, 2.45) is 7.05 Å². The third-order valence-electron chi connectivity index (χ3n) is 3.49. The number of nitrogens with zero attached hydrogens (tertiary/aromatic N) is 3. The molecule has 1 unspecified atom stereocenters. The maximum atomic E-state index is 14.1. The first-order chi connectivity index (χ1) is 10.0. The molecule has 4 nitrogen and oxygen atoms in total. The zero-order valence-electron chi connectivity index (χ0n) is 12.5. The van der Waals surface area contributed by atoms with Crippen molar-refractivity contribution in [1.29, 1.82) is 0 Å². The molecular formula is C15H20F2N4. The van der Waals surface area contributed by atoms with E-state index in [9.17, 15) is 8.78 Å². The van der Waals surface area contributed by atoms with E-state index in [1.165, 1.54) is 6.33 Å². The fraction of sp³-hybridized carbons (Fsp3) is 0.467. The second-order valence-corrected chi connectivity index (χ2v) is 5.13. The summed E-state index contributed by atoms with van der Waals surface area (Å²) < 4.78 is 29.2. The Morgan fingerprint density at radius 1 is 1.29 bits per heavy atom. The van der Waals surface area contributed by atoms with Crippen LogP contribution in [0.1, 0.15) is 36.3 Å². The highest BCUT2D eigenvalue weighted by molar-refractivity contribution is 5.29. The zero-order valence-corrected chi connectivity index (χ0v) is 12.5. The van der Waals surface area contributed by atoms with E-state index in [1.54, 1.807) is 24.7 Å². The number of nitrogens with one attached hydrogen (secondary N) is 1. The van der Waals surface area contributed by atoms with Crippen molar-refractivity contribution in [3.63, 3.8) is 0 Å². The summed E-state index contributed by atoms with van der Waals surface area (Å²) in [5.74, 6) is -0.303. The summed E-state index contributed by atoms with van der Waals surface area (Å²) in [5, 5.41) is 7.32. The van der Waals surface area contributed by atoms with Crippen molar-refractivity contribution in [1.82, 2.24) is 20.1 Å². The summed E-state index contributed by atoms with van der Waals surface area (Å²) in [5.41, 5.74) is 0.901. The summed E-state index contributed by atoms with van der Waals surface area (Å²) in [6.07, 6.45) is 2.90. The number of hydrogen-bond acceptors (Lipinski definition) is 3. The quantitative estimate of drug-likeness (QED) is 0.890. The minimum atomic E-state index is -0.533. The highest BCUT2D eigenvalue weighted by Crippen LogP contribution is 2.23. The van der Waals surface area contributed by atoms with Crippen LogP contribution in [0.3, 0.4) is 0 Å². The molecule has 0 radical (unpaired) electrons. The van der Waals surface area contributed by atoms with Gasteiger partial charge >= 0.3 is 0 Å². The average molecular weight is 294 g/mol. The molecule has 0 aliphatic rings. The Kier molecular flexibility index (Phi) is 5.01. The van der Waals surface area contributed by atoms with Gasteiger partial charge in [0.2, 0.25) is 0 Å². The molecule has 114 valence electrons. The van der Waals surface area contributed by atoms with Gasteiger partial charge in [0.25, 0.3) is 0 Å². The van der Waals surface area contributed by atoms with Gasteiger partial charge in [0.1, 0.15) is 23.8 Å². The predicted octanol–water partition coefficient (Wildman–Crippen LogP) is 2.69. The lowest BCUT2D eigenvalue weighted by atomic mass is 10.00. The second-order valence-electron chi connectivity index (χ2n) is 5.13. The van der Waals surface area contributed by atoms with Crippen molar-refractivity contribution in [3.8, 4) is 0 Å². The van der Waals surface area contributed by atoms with Crippen LogP contribution in [0.2, 0.25) is 0 Å². The lowest BCUT2D eigenvalue weighted by Gasteiger charge is -2.20. The highest BCUT2D eigenvalue weighted by Gasteiger charge is 2.19. The molecule has 1 aromatic carbocycles. The monoisotopic (exact) mass is 294 g/mol. The van der Waals surface area contributed by atoms with Crippen molar-refractivity contribution in [2.75, 3.05) is 6.54 Å². The molecule has 1 heterocycles. The summed E-state index contributed by atoms with van der Waals surface area (Å²) in [6.45, 7) is 4.43. The van der Waals surface area contributed by atoms with Gasteiger partial charge in [0, 0.05) is 31.1 Å². The molecule has 0 aliphatic heterocycles. The normalized spacial score (nSPS) is 12.6. The van der Waals surface area contributed by atoms with Crippen LogP contribution in [0.5, 0.6) is 0 Å². The molecular weight excluding hydrogens is 274 g/mol. The van der Waals surface area contributed by atoms with Crippen molar-refractivity contribution in [2.45, 2.75) is 32.7 Å². The highest BCUT2D eigenvalue weighted by atomic mass is 19.1. The van der Waals surface area contributed by atoms with Crippen molar-refractivity contribution in [3.05, 3.63) is 47.0 Å². The van der Waals surface area contributed by atoms with Crippen molar-refractivity contribution < 1.29 is 8.78 Å². The van der Waals surface area contributed by atoms with Gasteiger partial charge in [0.05, 0.1) is 0 Å². The Bertz CT molecular complexity index is 610. The van der Waals surface area contributed by atoms with Crippen LogP contribution in [-0.4, -0.2) is 21.3 Å². The number of aromatic nitrogens is 3. The summed E-state index contributed by atoms with van der Waals surface area (Å²) in [6, 6.07) is 2.25. The Hall–Kier alpha value is -1.82. The summed E-state index contributed by atoms with van der Waals surface area (Å²) in [7, 11) is 1.80. The SMILES string of the molecule is CCCNC(Cc1ncnn1C)c1cc(C)c(F)cc1F. The van der Waals surface area contributed by atoms with E-state index >= 15 is 0 Å². The average Bonchev–Trinajstić information content (AvgIpc) is 2.84. The first kappa shape index (κ1) is 15.6. The van der Waals surface area contributed by atoms with Crippen LogP contribution in [-0.2, 0) is 13.5 Å². The molecule has 0 amide bonds. The first-order valence-electron chi connectivity index (χ1n) is 7.04. The maximum Gasteiger partial charge on any atom is 0.138 e. The molecule has 1 N–H and O–H groups in total. The van der Waals surface area contributed by atoms with Gasteiger partial charge in [-0.25, -0.2) is 13.8 Å². The molecule has 2 aromatic rings. The Labute approximate surface area is 123 Å². The molecule has 21 heavy (non-hydrogen) atoms. The van der Waals surface area contributed by atoms with Gasteiger partial charge in [-0.05, 0) is 31.5 Å². The second kappa shape index (κ2) is 6.76. The molecule has 1 atom stereocenters. The zero-order chi connectivity index (χ0) is 15.4. The number of halogens is 2. The van der Waals surface area contributed by atoms with E-state index < -0.39 is 11.6 Å². The van der Waals surface area contributed by atoms with Crippen LogP contribution in [0.25, 0.3) is 0 Å². The summed E-state index contributed by atoms with van der Waals surface area (Å²) in [4.78, 5) is 4.17. The molecule has 0 saturated heterocycles. The van der Waals surface area contributed by atoms with Crippen molar-refractivity contribution >= 4 is 0 Å². The minimum Gasteiger partial charge on any atom is -0.309 e. The summed E-state index contributed by atoms with van der Waals surface area (Å²) >= 11 is 0. The van der Waals surface area contributed by atoms with Gasteiger partial charge in [-0.1, -0.05) is 6.92 Å². The van der Waals surface area contributed by atoms with Gasteiger partial charge in [-0.15, -0.1) is 0 Å². The largest absolute Gasteiger partial charge is 0.309 e. The molecule has 0 fully saturated rings. The number of aryl methyl sites for hydroxylation is 2. The van der Waals surface area contributed by atoms with E-state index in [2.05, 4.69) is 15.4 Å². The van der Waals surface area contributed by atoms with Gasteiger partial charge in [-0.2, -0.15) is 5.10 Å². The number of hydrogen-bond donors (Lipinski definition) is 1. The standard InChI is InChI=1S/C15H20F2N4/c1-4-5-18-14(8-15-19-9-20-21(15)3)11-6-10(2)12(16)7-13(11)17/h6-7,9,14,18H,4-5,8H2,1-3H3. The lowest BCUT2D eigenvalue weighted by molar-refractivity contribution is 0.475. The molecule has 2 rings (SSSR count). The van der Waals surface area contributed by atoms with E-state index in [0.29, 0.717) is 17.5 Å². The van der Waals surface area contributed by atoms with Crippen LogP contribution in [0.15, 0.2) is 18.5 Å². The molecule has 0 spiro atoms. The molecule has 1 aromatic heterocycles. The Morgan fingerprint density at radius 3 is 2.67 bits per heavy atom. The van der Waals surface area contributed by atoms with Crippen LogP contribution >= 0.6 is 0 Å². The minimum absolute atomic E-state index is 0.257. The lowest BCUT2D eigenvalue weighted by Crippen LogP contribution is -2.26. The van der Waals surface area contributed by atoms with Gasteiger partial charge in [-0.3, -0.25) is 4.68 Å². The molecule has 0 aliphatic carbocycles. The molecule has 0 saturated carbocycles. The van der Waals surface area contributed by atoms with Gasteiger partial charge in [0.15, 0.2) is 0 Å².